The van der Waals surface area contributed by atoms with Gasteiger partial charge in [-0.15, -0.1) is 0 Å². The van der Waals surface area contributed by atoms with E-state index in [1.807, 2.05) is 0 Å². The van der Waals surface area contributed by atoms with Crippen LogP contribution < -0.4 is 15.0 Å². The molecule has 0 fully saturated rings. The molecule has 0 atom stereocenters. The molecule has 0 radical (unpaired) electrons. The maximum absolute atomic E-state index is 2.51. The third-order valence-electron chi connectivity index (χ3n) is 16.3. The van der Waals surface area contributed by atoms with Gasteiger partial charge in [0.1, 0.15) is 0 Å². The zero-order valence-corrected chi connectivity index (χ0v) is 44.7. The summed E-state index contributed by atoms with van der Waals surface area (Å²) in [7, 11) is -0.353. The van der Waals surface area contributed by atoms with Crippen LogP contribution in [0.4, 0.5) is 34.1 Å². The molecule has 0 saturated heterocycles. The molecule has 2 nitrogen and oxygen atoms in total. The van der Waals surface area contributed by atoms with Gasteiger partial charge in [-0.3, -0.25) is 0 Å². The molecule has 3 heteroatoms. The third-order valence-corrected chi connectivity index (χ3v) is 17.6. The Morgan fingerprint density at radius 2 is 0.590 bits per heavy atom. The number of hydrogen-bond acceptors (Lipinski definition) is 2. The summed E-state index contributed by atoms with van der Waals surface area (Å²) >= 11 is 0. The van der Waals surface area contributed by atoms with Crippen LogP contribution in [0.1, 0.15) is 0 Å². The van der Waals surface area contributed by atoms with Gasteiger partial charge < -0.3 is 9.80 Å². The van der Waals surface area contributed by atoms with Crippen LogP contribution in [0.5, 0.6) is 0 Å². The Kier molecular flexibility index (Phi) is 11.0. The molecule has 0 spiro atoms. The molecule has 15 rings (SSSR count). The fourth-order valence-electron chi connectivity index (χ4n) is 12.7. The second-order valence-electron chi connectivity index (χ2n) is 20.6. The van der Waals surface area contributed by atoms with Gasteiger partial charge in [0.25, 0.3) is 0 Å². The molecule has 0 amide bonds. The maximum atomic E-state index is 2.51. The topological polar surface area (TPSA) is 6.48 Å². The lowest BCUT2D eigenvalue weighted by molar-refractivity contribution is 1.30. The Hall–Kier alpha value is -9.80. The SMILES string of the molecule is C[SiH2]c1ccc(N(c2ccc3c(-c4cc5ccccc5c5ccccc45)c4cc(N(c5ccccc5)c5cccc6ccccc56)ccc4c(-c4cc5ccccc5c5ccccc45)c3c2)c2cccc3ccccc23)cc1. The van der Waals surface area contributed by atoms with E-state index < -0.39 is 0 Å². The highest BCUT2D eigenvalue weighted by Gasteiger charge is 2.26. The molecule has 78 heavy (non-hydrogen) atoms. The lowest BCUT2D eigenvalue weighted by Crippen LogP contribution is -2.14. The molecule has 15 aromatic rings. The Bertz CT molecular complexity index is 4840. The van der Waals surface area contributed by atoms with E-state index in [9.17, 15) is 0 Å². The van der Waals surface area contributed by atoms with Crippen molar-refractivity contribution < 1.29 is 0 Å². The summed E-state index contributed by atoms with van der Waals surface area (Å²) < 4.78 is 0. The van der Waals surface area contributed by atoms with E-state index in [2.05, 4.69) is 301 Å². The van der Waals surface area contributed by atoms with Crippen molar-refractivity contribution in [2.24, 2.45) is 0 Å². The van der Waals surface area contributed by atoms with E-state index >= 15 is 0 Å². The van der Waals surface area contributed by atoms with Crippen LogP contribution in [-0.2, 0) is 0 Å². The van der Waals surface area contributed by atoms with Crippen molar-refractivity contribution in [3.8, 4) is 22.3 Å². The third kappa shape index (κ3) is 7.46. The second-order valence-corrected chi connectivity index (χ2v) is 22.1. The molecule has 0 aliphatic carbocycles. The van der Waals surface area contributed by atoms with Crippen molar-refractivity contribution >= 4 is 135 Å². The van der Waals surface area contributed by atoms with Crippen LogP contribution in [0, 0.1) is 0 Å². The van der Waals surface area contributed by atoms with Crippen molar-refractivity contribution in [3.05, 3.63) is 285 Å². The summed E-state index contributed by atoms with van der Waals surface area (Å²) in [5, 5.41) is 20.9. The molecule has 0 heterocycles. The molecular weight excluding hydrogens is 957 g/mol. The van der Waals surface area contributed by atoms with Crippen molar-refractivity contribution in [3.63, 3.8) is 0 Å². The average Bonchev–Trinajstić information content (AvgIpc) is 3.56. The number of para-hydroxylation sites is 1. The van der Waals surface area contributed by atoms with E-state index in [1.54, 1.807) is 0 Å². The van der Waals surface area contributed by atoms with Crippen LogP contribution in [0.25, 0.3) is 108 Å². The first-order valence-corrected chi connectivity index (χ1v) is 29.3. The summed E-state index contributed by atoms with van der Waals surface area (Å²) in [5.74, 6) is 0. The van der Waals surface area contributed by atoms with Gasteiger partial charge in [-0.1, -0.05) is 224 Å². The van der Waals surface area contributed by atoms with Crippen molar-refractivity contribution in [2.75, 3.05) is 9.80 Å². The first-order valence-electron chi connectivity index (χ1n) is 27.2. The molecule has 15 aromatic carbocycles. The van der Waals surface area contributed by atoms with Gasteiger partial charge in [-0.25, -0.2) is 0 Å². The highest BCUT2D eigenvalue weighted by molar-refractivity contribution is 6.51. The fraction of sp³-hybridized carbons (Fsp3) is 0.0133. The van der Waals surface area contributed by atoms with Gasteiger partial charge >= 0.3 is 0 Å². The van der Waals surface area contributed by atoms with E-state index in [0.717, 1.165) is 34.1 Å². The van der Waals surface area contributed by atoms with E-state index in [-0.39, 0.29) is 9.52 Å². The van der Waals surface area contributed by atoms with Crippen molar-refractivity contribution in [1.82, 2.24) is 0 Å². The highest BCUT2D eigenvalue weighted by Crippen LogP contribution is 2.52. The lowest BCUT2D eigenvalue weighted by Gasteiger charge is -2.29. The predicted octanol–water partition coefficient (Wildman–Crippen LogP) is 20.0. The van der Waals surface area contributed by atoms with Crippen LogP contribution in [0.3, 0.4) is 0 Å². The van der Waals surface area contributed by atoms with Crippen LogP contribution in [0.15, 0.2) is 285 Å². The van der Waals surface area contributed by atoms with E-state index in [1.165, 1.54) is 114 Å². The number of nitrogens with zero attached hydrogens (tertiary/aromatic N) is 2. The molecule has 0 aliphatic heterocycles. The minimum Gasteiger partial charge on any atom is -0.310 e. The predicted molar refractivity (Wildman–Crippen MR) is 341 cm³/mol. The molecule has 0 unspecified atom stereocenters. The molecule has 366 valence electrons. The molecule has 0 aliphatic rings. The fourth-order valence-corrected chi connectivity index (χ4v) is 13.4. The van der Waals surface area contributed by atoms with Gasteiger partial charge in [0, 0.05) is 33.5 Å². The Morgan fingerprint density at radius 1 is 0.231 bits per heavy atom. The maximum Gasteiger partial charge on any atom is 0.0540 e. The summed E-state index contributed by atoms with van der Waals surface area (Å²) in [6.45, 7) is 2.37. The quantitative estimate of drug-likeness (QED) is 0.0808. The van der Waals surface area contributed by atoms with Gasteiger partial charge in [0.05, 0.1) is 20.9 Å². The van der Waals surface area contributed by atoms with Gasteiger partial charge in [0.2, 0.25) is 0 Å². The molecule has 0 aromatic heterocycles. The van der Waals surface area contributed by atoms with E-state index in [0.29, 0.717) is 0 Å². The first kappa shape index (κ1) is 45.6. The van der Waals surface area contributed by atoms with Crippen LogP contribution >= 0.6 is 0 Å². The minimum absolute atomic E-state index is 0.353. The molecule has 0 saturated carbocycles. The average molecular weight is 1010 g/mol. The Morgan fingerprint density at radius 3 is 1.05 bits per heavy atom. The summed E-state index contributed by atoms with van der Waals surface area (Å²) in [5.41, 5.74) is 11.5. The number of anilines is 6. The zero-order chi connectivity index (χ0) is 51.7. The smallest absolute Gasteiger partial charge is 0.0540 e. The van der Waals surface area contributed by atoms with Gasteiger partial charge in [-0.05, 0) is 170 Å². The minimum atomic E-state index is -0.353. The summed E-state index contributed by atoms with van der Waals surface area (Å²) in [4.78, 5) is 4.95. The summed E-state index contributed by atoms with van der Waals surface area (Å²) in [6, 6.07) is 107. The van der Waals surface area contributed by atoms with Crippen LogP contribution in [0.2, 0.25) is 6.55 Å². The number of benzene rings is 15. The highest BCUT2D eigenvalue weighted by atomic mass is 28.2. The number of rotatable bonds is 9. The van der Waals surface area contributed by atoms with Gasteiger partial charge in [0.15, 0.2) is 0 Å². The normalized spacial score (nSPS) is 11.9. The standard InChI is InChI=1S/C75H52N2Si/c1-78-57-41-37-54(38-42-57)77(73-36-18-24-50-20-6-12-30-61(50)73)56-40-44-67-71(48-56)75(69-46-52-22-8-10-28-59(52)63-32-14-16-34-65(63)69)66-43-39-55(76(53-25-3-2-4-26-53)72-35-17-23-49-19-5-11-29-60(49)72)47-70(66)74(67)68-45-51-21-7-9-27-58(51)62-31-13-15-33-64(62)68/h2-48H,78H2,1H3. The van der Waals surface area contributed by atoms with Gasteiger partial charge in [-0.2, -0.15) is 0 Å². The first-order chi connectivity index (χ1) is 38.7. The zero-order valence-electron chi connectivity index (χ0n) is 43.2. The van der Waals surface area contributed by atoms with E-state index in [4.69, 9.17) is 0 Å². The molecule has 0 N–H and O–H groups in total. The van der Waals surface area contributed by atoms with Crippen LogP contribution in [-0.4, -0.2) is 9.52 Å². The van der Waals surface area contributed by atoms with Crippen molar-refractivity contribution in [2.45, 2.75) is 6.55 Å². The monoisotopic (exact) mass is 1010 g/mol. The molecular formula is C75H52N2Si. The Balaban J connectivity index is 1.13. The molecule has 0 bridgehead atoms. The number of hydrogen-bond donors (Lipinski definition) is 0. The second kappa shape index (κ2) is 18.8. The largest absolute Gasteiger partial charge is 0.310 e. The summed E-state index contributed by atoms with van der Waals surface area (Å²) in [6.07, 6.45) is 0. The lowest BCUT2D eigenvalue weighted by atomic mass is 9.82. The van der Waals surface area contributed by atoms with Crippen molar-refractivity contribution in [1.29, 1.82) is 0 Å². The number of fused-ring (bicyclic) bond motifs is 10. The Labute approximate surface area is 456 Å².